The highest BCUT2D eigenvalue weighted by Gasteiger charge is 2.14. The number of methoxy groups -OCH3 is 1. The van der Waals surface area contributed by atoms with Crippen LogP contribution in [0.25, 0.3) is 0 Å². The first-order valence-corrected chi connectivity index (χ1v) is 6.16. The number of quaternary nitrogens is 1. The maximum absolute atomic E-state index is 11.3. The lowest BCUT2D eigenvalue weighted by atomic mass is 9.92. The Labute approximate surface area is 115 Å². The monoisotopic (exact) mass is 271 g/mol. The average Bonchev–Trinajstić information content (AvgIpc) is 2.37. The van der Waals surface area contributed by atoms with E-state index in [1.807, 2.05) is 18.2 Å². The lowest BCUT2D eigenvalue weighted by molar-refractivity contribution is -0.368. The molecule has 0 saturated heterocycles. The van der Waals surface area contributed by atoms with E-state index in [0.717, 1.165) is 25.8 Å². The fraction of sp³-hybridized carbons (Fsp3) is 0.500. The summed E-state index contributed by atoms with van der Waals surface area (Å²) in [4.78, 5) is 11.3. The first-order chi connectivity index (χ1) is 8.26. The summed E-state index contributed by atoms with van der Waals surface area (Å²) in [7, 11) is 1.45. The quantitative estimate of drug-likeness (QED) is 0.610. The fourth-order valence-corrected chi connectivity index (χ4v) is 1.98. The zero-order valence-corrected chi connectivity index (χ0v) is 11.7. The molecule has 18 heavy (non-hydrogen) atoms. The molecule has 4 heteroatoms. The van der Waals surface area contributed by atoms with Gasteiger partial charge in [0.15, 0.2) is 0 Å². The topological polar surface area (TPSA) is 53.9 Å². The van der Waals surface area contributed by atoms with E-state index in [4.69, 9.17) is 4.74 Å². The average molecular weight is 272 g/mol. The predicted octanol–water partition coefficient (Wildman–Crippen LogP) is -1.57. The zero-order chi connectivity index (χ0) is 12.5. The van der Waals surface area contributed by atoms with Crippen LogP contribution in [0, 0.1) is 5.92 Å². The second-order valence-corrected chi connectivity index (χ2v) is 4.33. The molecule has 0 aliphatic heterocycles. The van der Waals surface area contributed by atoms with Crippen LogP contribution in [0.15, 0.2) is 30.3 Å². The lowest BCUT2D eigenvalue weighted by Gasteiger charge is -2.14. The Kier molecular flexibility index (Phi) is 9.33. The van der Waals surface area contributed by atoms with Gasteiger partial charge in [-0.25, -0.2) is 0 Å². The summed E-state index contributed by atoms with van der Waals surface area (Å²) < 4.78 is 4.74. The molecule has 0 fully saturated rings. The third-order valence-electron chi connectivity index (χ3n) is 2.91. The maximum Gasteiger partial charge on any atom is 0.305 e. The molecule has 3 N–H and O–H groups in total. The molecule has 3 nitrogen and oxygen atoms in total. The normalized spacial score (nSPS) is 11.4. The molecule has 1 atom stereocenters. The van der Waals surface area contributed by atoms with Gasteiger partial charge < -0.3 is 22.9 Å². The van der Waals surface area contributed by atoms with Crippen molar-refractivity contribution in [1.82, 2.24) is 0 Å². The first-order valence-electron chi connectivity index (χ1n) is 6.16. The number of hydrogen-bond donors (Lipinski definition) is 1. The summed E-state index contributed by atoms with van der Waals surface area (Å²) in [6.07, 6.45) is 3.54. The molecule has 1 rings (SSSR count). The summed E-state index contributed by atoms with van der Waals surface area (Å²) in [5.41, 5.74) is 5.13. The number of esters is 1. The van der Waals surface area contributed by atoms with Gasteiger partial charge in [0.25, 0.3) is 0 Å². The Balaban J connectivity index is 0.00000289. The SMILES string of the molecule is COC(=O)C[C@@H](CCC[NH3+])Cc1ccccc1.[Cl-]. The molecule has 102 valence electrons. The second kappa shape index (κ2) is 9.92. The molecule has 0 unspecified atom stereocenters. The lowest BCUT2D eigenvalue weighted by Crippen LogP contribution is -3.00. The van der Waals surface area contributed by atoms with Gasteiger partial charge in [0.05, 0.1) is 13.7 Å². The van der Waals surface area contributed by atoms with Crippen LogP contribution < -0.4 is 18.1 Å². The molecular formula is C14H22ClNO2. The number of ether oxygens (including phenoxy) is 1. The van der Waals surface area contributed by atoms with E-state index in [-0.39, 0.29) is 18.4 Å². The van der Waals surface area contributed by atoms with Crippen molar-refractivity contribution < 1.29 is 27.7 Å². The standard InChI is InChI=1S/C14H21NO2.ClH/c1-17-14(16)11-13(8-5-9-15)10-12-6-3-2-4-7-12;/h2-4,6-7,13H,5,8-11,15H2,1H3;1H/t13-;/m0./s1. The van der Waals surface area contributed by atoms with Gasteiger partial charge in [0.2, 0.25) is 0 Å². The first kappa shape index (κ1) is 16.9. The second-order valence-electron chi connectivity index (χ2n) is 4.33. The van der Waals surface area contributed by atoms with Crippen molar-refractivity contribution >= 4 is 5.97 Å². The summed E-state index contributed by atoms with van der Waals surface area (Å²) in [6.45, 7) is 0.923. The van der Waals surface area contributed by atoms with Crippen LogP contribution in [0.1, 0.15) is 24.8 Å². The zero-order valence-electron chi connectivity index (χ0n) is 10.9. The van der Waals surface area contributed by atoms with E-state index < -0.39 is 0 Å². The third kappa shape index (κ3) is 6.62. The molecule has 0 spiro atoms. The van der Waals surface area contributed by atoms with E-state index in [9.17, 15) is 4.79 Å². The highest BCUT2D eigenvalue weighted by molar-refractivity contribution is 5.69. The van der Waals surface area contributed by atoms with Crippen LogP contribution in [0.5, 0.6) is 0 Å². The molecule has 1 aromatic carbocycles. The minimum atomic E-state index is -0.116. The largest absolute Gasteiger partial charge is 1.00 e. The van der Waals surface area contributed by atoms with Crippen LogP contribution in [-0.4, -0.2) is 19.6 Å². The summed E-state index contributed by atoms with van der Waals surface area (Å²) in [5.74, 6) is 0.251. The number of rotatable bonds is 7. The van der Waals surface area contributed by atoms with Crippen molar-refractivity contribution in [1.29, 1.82) is 0 Å². The van der Waals surface area contributed by atoms with Gasteiger partial charge in [0, 0.05) is 6.42 Å². The fourth-order valence-electron chi connectivity index (χ4n) is 1.98. The minimum absolute atomic E-state index is 0. The van der Waals surface area contributed by atoms with Gasteiger partial charge >= 0.3 is 5.97 Å². The van der Waals surface area contributed by atoms with Crippen molar-refractivity contribution in [2.24, 2.45) is 5.92 Å². The third-order valence-corrected chi connectivity index (χ3v) is 2.91. The molecule has 0 amide bonds. The predicted molar refractivity (Wildman–Crippen MR) is 67.3 cm³/mol. The van der Waals surface area contributed by atoms with Gasteiger partial charge in [-0.1, -0.05) is 30.3 Å². The van der Waals surface area contributed by atoms with Crippen molar-refractivity contribution in [2.75, 3.05) is 13.7 Å². The molecule has 0 radical (unpaired) electrons. The highest BCUT2D eigenvalue weighted by atomic mass is 35.5. The van der Waals surface area contributed by atoms with Crippen LogP contribution >= 0.6 is 0 Å². The van der Waals surface area contributed by atoms with E-state index >= 15 is 0 Å². The number of carbonyl (C=O) groups excluding carboxylic acids is 1. The molecular weight excluding hydrogens is 250 g/mol. The molecule has 0 aliphatic rings. The summed E-state index contributed by atoms with van der Waals surface area (Å²) in [6, 6.07) is 10.3. The van der Waals surface area contributed by atoms with E-state index in [1.165, 1.54) is 12.7 Å². The molecule has 1 aromatic rings. The molecule has 0 saturated carbocycles. The number of carbonyl (C=O) groups is 1. The van der Waals surface area contributed by atoms with Gasteiger partial charge in [0.1, 0.15) is 0 Å². The van der Waals surface area contributed by atoms with E-state index in [1.54, 1.807) is 0 Å². The number of benzene rings is 1. The van der Waals surface area contributed by atoms with Crippen LogP contribution in [0.4, 0.5) is 0 Å². The Morgan fingerprint density at radius 1 is 1.33 bits per heavy atom. The maximum atomic E-state index is 11.3. The van der Waals surface area contributed by atoms with E-state index in [2.05, 4.69) is 17.9 Å². The van der Waals surface area contributed by atoms with Crippen LogP contribution in [0.2, 0.25) is 0 Å². The van der Waals surface area contributed by atoms with Crippen molar-refractivity contribution in [3.8, 4) is 0 Å². The Morgan fingerprint density at radius 2 is 2.00 bits per heavy atom. The Morgan fingerprint density at radius 3 is 2.56 bits per heavy atom. The smallest absolute Gasteiger partial charge is 0.305 e. The number of hydrogen-bond acceptors (Lipinski definition) is 2. The molecule has 0 bridgehead atoms. The Hall–Kier alpha value is -1.06. The van der Waals surface area contributed by atoms with Crippen LogP contribution in [-0.2, 0) is 16.0 Å². The van der Waals surface area contributed by atoms with Gasteiger partial charge in [-0.05, 0) is 30.7 Å². The van der Waals surface area contributed by atoms with E-state index in [0.29, 0.717) is 12.3 Å². The van der Waals surface area contributed by atoms with Gasteiger partial charge in [-0.3, -0.25) is 4.79 Å². The summed E-state index contributed by atoms with van der Waals surface area (Å²) >= 11 is 0. The van der Waals surface area contributed by atoms with Crippen molar-refractivity contribution in [2.45, 2.75) is 25.7 Å². The highest BCUT2D eigenvalue weighted by Crippen LogP contribution is 2.18. The van der Waals surface area contributed by atoms with Crippen molar-refractivity contribution in [3.63, 3.8) is 0 Å². The molecule has 0 heterocycles. The van der Waals surface area contributed by atoms with Crippen molar-refractivity contribution in [3.05, 3.63) is 35.9 Å². The summed E-state index contributed by atoms with van der Waals surface area (Å²) in [5, 5.41) is 0. The molecule has 0 aromatic heterocycles. The Bertz CT molecular complexity index is 330. The molecule has 0 aliphatic carbocycles. The van der Waals surface area contributed by atoms with Gasteiger partial charge in [-0.2, -0.15) is 0 Å². The number of halogens is 1. The van der Waals surface area contributed by atoms with Crippen LogP contribution in [0.3, 0.4) is 0 Å². The minimum Gasteiger partial charge on any atom is -1.00 e. The van der Waals surface area contributed by atoms with Gasteiger partial charge in [-0.15, -0.1) is 0 Å².